The molecule has 222 valence electrons. The third kappa shape index (κ3) is 5.02. The summed E-state index contributed by atoms with van der Waals surface area (Å²) in [5.74, 6) is -1.23. The molecule has 2 aromatic heterocycles. The van der Waals surface area contributed by atoms with Gasteiger partial charge in [0.2, 0.25) is 0 Å². The van der Waals surface area contributed by atoms with Crippen LogP contribution in [0.5, 0.6) is 0 Å². The number of carbonyl (C=O) groups excluding carboxylic acids is 2. The number of hydrogen-bond donors (Lipinski definition) is 2. The van der Waals surface area contributed by atoms with Gasteiger partial charge in [-0.1, -0.05) is 24.3 Å². The van der Waals surface area contributed by atoms with Crippen LogP contribution in [0.2, 0.25) is 0 Å². The number of carbonyl (C=O) groups is 2. The SMILES string of the molecule is O=C(Nc1nccs1)C(c1ncn2c1CCC2)N1Cc2c(cc(-c3ccc([C@H]4CCNC[C@@H]4F)cc3)cc2C(F)F)C1=O. The molecule has 3 aliphatic heterocycles. The fraction of sp³-hybridized carbons (Fsp3) is 0.355. The lowest BCUT2D eigenvalue weighted by atomic mass is 9.87. The Morgan fingerprint density at radius 2 is 1.98 bits per heavy atom. The number of imidazole rings is 1. The number of fused-ring (bicyclic) bond motifs is 2. The summed E-state index contributed by atoms with van der Waals surface area (Å²) >= 11 is 1.24. The molecule has 3 atom stereocenters. The Morgan fingerprint density at radius 1 is 1.14 bits per heavy atom. The Labute approximate surface area is 250 Å². The maximum Gasteiger partial charge on any atom is 0.264 e. The molecule has 1 saturated heterocycles. The lowest BCUT2D eigenvalue weighted by Gasteiger charge is -2.27. The predicted molar refractivity (Wildman–Crippen MR) is 156 cm³/mol. The average Bonchev–Trinajstić information content (AvgIpc) is 3.81. The minimum atomic E-state index is -2.83. The first-order valence-corrected chi connectivity index (χ1v) is 15.2. The van der Waals surface area contributed by atoms with Gasteiger partial charge in [0.15, 0.2) is 11.2 Å². The first-order valence-electron chi connectivity index (χ1n) is 14.3. The Bertz CT molecular complexity index is 1670. The van der Waals surface area contributed by atoms with Crippen molar-refractivity contribution in [3.8, 4) is 11.1 Å². The molecule has 7 rings (SSSR count). The minimum absolute atomic E-state index is 0.141. The van der Waals surface area contributed by atoms with E-state index in [1.54, 1.807) is 36.1 Å². The summed E-state index contributed by atoms with van der Waals surface area (Å²) in [5.41, 5.74) is 3.38. The normalized spacial score (nSPS) is 20.4. The zero-order valence-corrected chi connectivity index (χ0v) is 23.9. The molecule has 8 nitrogen and oxygen atoms in total. The second-order valence-corrected chi connectivity index (χ2v) is 12.1. The second kappa shape index (κ2) is 11.2. The van der Waals surface area contributed by atoms with Crippen molar-refractivity contribution in [3.63, 3.8) is 0 Å². The standard InChI is InChI=1S/C31H29F3N6O2S/c32-24-14-35-8-7-20(24)18-5-3-17(4-6-18)19-12-21(28(33)34)23-15-40(30(42)22(23)13-19)27(29(41)38-31-36-9-11-43-31)26-25-2-1-10-39(25)16-37-26/h3-6,9,11-13,16,20,24,27-28,35H,1-2,7-8,10,14-15H2,(H,36,38,41)/t20-,24+,27?/m1/s1. The number of amides is 2. The topological polar surface area (TPSA) is 92.2 Å². The highest BCUT2D eigenvalue weighted by Gasteiger charge is 2.42. The average molecular weight is 607 g/mol. The van der Waals surface area contributed by atoms with Crippen molar-refractivity contribution in [2.45, 2.75) is 56.9 Å². The molecule has 4 aromatic rings. The molecule has 0 saturated carbocycles. The predicted octanol–water partition coefficient (Wildman–Crippen LogP) is 5.64. The zero-order chi connectivity index (χ0) is 29.7. The van der Waals surface area contributed by atoms with E-state index in [1.807, 2.05) is 16.7 Å². The van der Waals surface area contributed by atoms with E-state index in [1.165, 1.54) is 22.3 Å². The summed E-state index contributed by atoms with van der Waals surface area (Å²) in [6.07, 6.45) is 1.67. The number of nitrogens with zero attached hydrogens (tertiary/aromatic N) is 4. The number of alkyl halides is 3. The maximum atomic E-state index is 14.5. The van der Waals surface area contributed by atoms with Gasteiger partial charge in [-0.15, -0.1) is 11.3 Å². The second-order valence-electron chi connectivity index (χ2n) is 11.2. The van der Waals surface area contributed by atoms with E-state index < -0.39 is 30.5 Å². The van der Waals surface area contributed by atoms with Gasteiger partial charge < -0.3 is 14.8 Å². The molecular weight excluding hydrogens is 577 g/mol. The van der Waals surface area contributed by atoms with Gasteiger partial charge >= 0.3 is 0 Å². The fourth-order valence-electron chi connectivity index (χ4n) is 6.55. The summed E-state index contributed by atoms with van der Waals surface area (Å²) in [7, 11) is 0. The van der Waals surface area contributed by atoms with E-state index in [0.717, 1.165) is 30.8 Å². The highest BCUT2D eigenvalue weighted by atomic mass is 32.1. The van der Waals surface area contributed by atoms with Crippen LogP contribution in [0, 0.1) is 0 Å². The zero-order valence-electron chi connectivity index (χ0n) is 23.1. The first-order chi connectivity index (χ1) is 20.9. The van der Waals surface area contributed by atoms with E-state index in [2.05, 4.69) is 20.6 Å². The number of rotatable bonds is 7. The van der Waals surface area contributed by atoms with Crippen LogP contribution in [0.4, 0.5) is 18.3 Å². The molecule has 3 aliphatic rings. The number of aromatic nitrogens is 3. The van der Waals surface area contributed by atoms with Gasteiger partial charge in [-0.2, -0.15) is 0 Å². The van der Waals surface area contributed by atoms with E-state index in [4.69, 9.17) is 0 Å². The van der Waals surface area contributed by atoms with Crippen LogP contribution in [0.15, 0.2) is 54.3 Å². The summed E-state index contributed by atoms with van der Waals surface area (Å²) in [6, 6.07) is 9.16. The van der Waals surface area contributed by atoms with Crippen LogP contribution in [-0.2, 0) is 24.3 Å². The van der Waals surface area contributed by atoms with Crippen molar-refractivity contribution < 1.29 is 22.8 Å². The molecule has 2 amide bonds. The van der Waals surface area contributed by atoms with Crippen molar-refractivity contribution in [2.75, 3.05) is 18.4 Å². The molecule has 0 aliphatic carbocycles. The highest BCUT2D eigenvalue weighted by Crippen LogP contribution is 2.41. The Morgan fingerprint density at radius 3 is 2.72 bits per heavy atom. The molecular formula is C31H29F3N6O2S. The molecule has 2 aromatic carbocycles. The van der Waals surface area contributed by atoms with Crippen LogP contribution in [0.3, 0.4) is 0 Å². The summed E-state index contributed by atoms with van der Waals surface area (Å²) in [4.78, 5) is 37.7. The smallest absolute Gasteiger partial charge is 0.264 e. The summed E-state index contributed by atoms with van der Waals surface area (Å²) in [5, 5.41) is 7.93. The van der Waals surface area contributed by atoms with Gasteiger partial charge in [0.25, 0.3) is 18.2 Å². The molecule has 43 heavy (non-hydrogen) atoms. The van der Waals surface area contributed by atoms with Crippen LogP contribution >= 0.6 is 11.3 Å². The Balaban J connectivity index is 1.24. The number of benzene rings is 2. The van der Waals surface area contributed by atoms with Gasteiger partial charge in [-0.05, 0) is 60.2 Å². The van der Waals surface area contributed by atoms with Gasteiger partial charge in [-0.25, -0.2) is 23.1 Å². The minimum Gasteiger partial charge on any atom is -0.334 e. The lowest BCUT2D eigenvalue weighted by Crippen LogP contribution is -2.38. The fourth-order valence-corrected chi connectivity index (χ4v) is 7.08. The Kier molecular flexibility index (Phi) is 7.26. The van der Waals surface area contributed by atoms with Crippen molar-refractivity contribution in [1.29, 1.82) is 0 Å². The number of anilines is 1. The molecule has 1 fully saturated rings. The number of hydrogen-bond acceptors (Lipinski definition) is 6. The molecule has 1 unspecified atom stereocenters. The van der Waals surface area contributed by atoms with Crippen molar-refractivity contribution in [1.82, 2.24) is 24.8 Å². The highest BCUT2D eigenvalue weighted by molar-refractivity contribution is 7.13. The largest absolute Gasteiger partial charge is 0.334 e. The van der Waals surface area contributed by atoms with Crippen LogP contribution in [-0.4, -0.2) is 50.5 Å². The monoisotopic (exact) mass is 606 g/mol. The lowest BCUT2D eigenvalue weighted by molar-refractivity contribution is -0.121. The summed E-state index contributed by atoms with van der Waals surface area (Å²) in [6.45, 7) is 1.65. The first kappa shape index (κ1) is 27.8. The number of thiazole rings is 1. The number of piperidine rings is 1. The molecule has 5 heterocycles. The van der Waals surface area contributed by atoms with E-state index >= 15 is 0 Å². The van der Waals surface area contributed by atoms with E-state index in [-0.39, 0.29) is 29.2 Å². The van der Waals surface area contributed by atoms with Crippen molar-refractivity contribution in [3.05, 3.63) is 87.9 Å². The quantitative estimate of drug-likeness (QED) is 0.284. The van der Waals surface area contributed by atoms with Gasteiger partial charge in [-0.3, -0.25) is 14.9 Å². The third-order valence-electron chi connectivity index (χ3n) is 8.69. The molecule has 2 N–H and O–H groups in total. The van der Waals surface area contributed by atoms with Crippen LogP contribution in [0.1, 0.15) is 69.7 Å². The Hall–Kier alpha value is -4.03. The molecule has 0 bridgehead atoms. The molecule has 12 heteroatoms. The molecule has 0 radical (unpaired) electrons. The van der Waals surface area contributed by atoms with Gasteiger partial charge in [0.05, 0.1) is 12.0 Å². The van der Waals surface area contributed by atoms with Crippen molar-refractivity contribution in [2.24, 2.45) is 0 Å². The van der Waals surface area contributed by atoms with Gasteiger partial charge in [0.1, 0.15) is 6.17 Å². The van der Waals surface area contributed by atoms with Crippen molar-refractivity contribution >= 4 is 28.3 Å². The summed E-state index contributed by atoms with van der Waals surface area (Å²) < 4.78 is 45.5. The molecule has 0 spiro atoms. The third-order valence-corrected chi connectivity index (χ3v) is 9.38. The van der Waals surface area contributed by atoms with Crippen LogP contribution < -0.4 is 10.6 Å². The van der Waals surface area contributed by atoms with E-state index in [0.29, 0.717) is 41.3 Å². The van der Waals surface area contributed by atoms with Crippen LogP contribution in [0.25, 0.3) is 11.1 Å². The number of nitrogens with one attached hydrogen (secondary N) is 2. The van der Waals surface area contributed by atoms with E-state index in [9.17, 15) is 22.8 Å². The van der Waals surface area contributed by atoms with Gasteiger partial charge in [0, 0.05) is 53.9 Å². The number of aryl methyl sites for hydroxylation is 1. The maximum absolute atomic E-state index is 14.5. The number of halogens is 3.